The first-order valence-electron chi connectivity index (χ1n) is 8.35. The van der Waals surface area contributed by atoms with Crippen molar-refractivity contribution in [1.29, 1.82) is 0 Å². The Morgan fingerprint density at radius 1 is 1.29 bits per heavy atom. The molecule has 0 saturated carbocycles. The van der Waals surface area contributed by atoms with Crippen LogP contribution in [0.15, 0.2) is 46.2 Å². The minimum atomic E-state index is -0.617. The number of non-ortho nitro benzene ring substituents is 1. The number of nitro groups is 1. The molecule has 0 atom stereocenters. The molecule has 2 amide bonds. The van der Waals surface area contributed by atoms with Crippen LogP contribution in [-0.2, 0) is 11.2 Å². The van der Waals surface area contributed by atoms with Crippen LogP contribution < -0.4 is 10.7 Å². The van der Waals surface area contributed by atoms with Crippen LogP contribution in [0, 0.1) is 10.1 Å². The Balaban J connectivity index is 1.55. The molecule has 2 heterocycles. The summed E-state index contributed by atoms with van der Waals surface area (Å²) in [5.74, 6) is -1.19. The zero-order valence-electron chi connectivity index (χ0n) is 15.4. The van der Waals surface area contributed by atoms with E-state index in [1.807, 2.05) is 0 Å². The van der Waals surface area contributed by atoms with E-state index in [9.17, 15) is 24.8 Å². The van der Waals surface area contributed by atoms with Crippen molar-refractivity contribution in [3.8, 4) is 5.75 Å². The Morgan fingerprint density at radius 2 is 2.10 bits per heavy atom. The number of phenolic OH excluding ortho intramolecular Hbond substituents is 1. The quantitative estimate of drug-likeness (QED) is 0.249. The fourth-order valence-corrected chi connectivity index (χ4v) is 3.29. The van der Waals surface area contributed by atoms with Gasteiger partial charge in [-0.2, -0.15) is 5.10 Å². The molecule has 0 unspecified atom stereocenters. The third kappa shape index (κ3) is 6.10. The summed E-state index contributed by atoms with van der Waals surface area (Å²) in [7, 11) is 0. The summed E-state index contributed by atoms with van der Waals surface area (Å²) >= 11 is 4.24. The standard InChI is InChI=1S/C17H12BrN7O5S/c18-11-3-10(6-19-8-11)16(28)21-17-24-23-15(31-17)5-14(27)22-20-7-9-4-12(25(29)30)1-2-13(9)26/h1-4,6-8,26H,5H2,(H,22,27)(H,21,24,28)/b20-7-. The number of aromatic hydroxyl groups is 1. The van der Waals surface area contributed by atoms with E-state index in [4.69, 9.17) is 0 Å². The lowest BCUT2D eigenvalue weighted by molar-refractivity contribution is -0.384. The van der Waals surface area contributed by atoms with Gasteiger partial charge in [0.05, 0.1) is 23.1 Å². The van der Waals surface area contributed by atoms with Gasteiger partial charge in [-0.05, 0) is 28.1 Å². The van der Waals surface area contributed by atoms with Crippen LogP contribution in [0.1, 0.15) is 20.9 Å². The minimum absolute atomic E-state index is 0.0671. The zero-order valence-corrected chi connectivity index (χ0v) is 17.8. The van der Waals surface area contributed by atoms with Gasteiger partial charge in [0, 0.05) is 34.6 Å². The molecule has 0 saturated heterocycles. The number of carbonyl (C=O) groups is 2. The number of nitrogens with zero attached hydrogens (tertiary/aromatic N) is 5. The summed E-state index contributed by atoms with van der Waals surface area (Å²) < 4.78 is 0.647. The number of phenols is 1. The van der Waals surface area contributed by atoms with Gasteiger partial charge in [0.2, 0.25) is 11.0 Å². The smallest absolute Gasteiger partial charge is 0.270 e. The lowest BCUT2D eigenvalue weighted by Crippen LogP contribution is -2.19. The minimum Gasteiger partial charge on any atom is -0.507 e. The number of pyridine rings is 1. The predicted molar refractivity (Wildman–Crippen MR) is 114 cm³/mol. The van der Waals surface area contributed by atoms with Crippen molar-refractivity contribution in [3.63, 3.8) is 0 Å². The third-order valence-corrected chi connectivity index (χ3v) is 4.85. The second-order valence-electron chi connectivity index (χ2n) is 5.82. The van der Waals surface area contributed by atoms with Crippen LogP contribution in [0.5, 0.6) is 5.75 Å². The number of hydrogen-bond acceptors (Lipinski definition) is 10. The molecule has 3 rings (SSSR count). The number of rotatable bonds is 7. The molecular formula is C17H12BrN7O5S. The Labute approximate surface area is 186 Å². The highest BCUT2D eigenvalue weighted by Gasteiger charge is 2.13. The van der Waals surface area contributed by atoms with Crippen molar-refractivity contribution < 1.29 is 19.6 Å². The number of hydrazone groups is 1. The number of carbonyl (C=O) groups excluding carboxylic acids is 2. The number of nitro benzene ring substituents is 1. The van der Waals surface area contributed by atoms with Gasteiger partial charge >= 0.3 is 0 Å². The highest BCUT2D eigenvalue weighted by Crippen LogP contribution is 2.21. The van der Waals surface area contributed by atoms with Crippen molar-refractivity contribution in [2.24, 2.45) is 5.10 Å². The van der Waals surface area contributed by atoms with E-state index in [1.54, 1.807) is 12.3 Å². The highest BCUT2D eigenvalue weighted by atomic mass is 79.9. The number of benzene rings is 1. The van der Waals surface area contributed by atoms with Crippen LogP contribution in [0.3, 0.4) is 0 Å². The molecule has 0 aliphatic rings. The molecular weight excluding hydrogens is 494 g/mol. The summed E-state index contributed by atoms with van der Waals surface area (Å²) in [5, 5.41) is 34.9. The van der Waals surface area contributed by atoms with E-state index in [2.05, 4.69) is 47.0 Å². The Bertz CT molecular complexity index is 1180. The van der Waals surface area contributed by atoms with E-state index >= 15 is 0 Å². The van der Waals surface area contributed by atoms with Crippen LogP contribution >= 0.6 is 27.3 Å². The number of nitrogens with one attached hydrogen (secondary N) is 2. The molecule has 0 spiro atoms. The van der Waals surface area contributed by atoms with Gasteiger partial charge in [0.1, 0.15) is 10.8 Å². The molecule has 1 aromatic carbocycles. The number of anilines is 1. The average Bonchev–Trinajstić information content (AvgIpc) is 3.15. The van der Waals surface area contributed by atoms with E-state index in [0.29, 0.717) is 15.0 Å². The molecule has 0 fully saturated rings. The van der Waals surface area contributed by atoms with E-state index in [0.717, 1.165) is 35.8 Å². The summed E-state index contributed by atoms with van der Waals surface area (Å²) in [6, 6.07) is 5.01. The molecule has 3 aromatic rings. The van der Waals surface area contributed by atoms with Crippen LogP contribution in [0.2, 0.25) is 0 Å². The Hall–Kier alpha value is -3.78. The lowest BCUT2D eigenvalue weighted by Gasteiger charge is -2.00. The maximum absolute atomic E-state index is 12.2. The number of hydrogen-bond donors (Lipinski definition) is 3. The molecule has 31 heavy (non-hydrogen) atoms. The SMILES string of the molecule is O=C(Cc1nnc(NC(=O)c2cncc(Br)c2)s1)N/N=C\c1cc([N+](=O)[O-])ccc1O. The third-order valence-electron chi connectivity index (χ3n) is 3.58. The van der Waals surface area contributed by atoms with Crippen molar-refractivity contribution in [3.05, 3.63) is 67.4 Å². The Morgan fingerprint density at radius 3 is 2.84 bits per heavy atom. The second-order valence-corrected chi connectivity index (χ2v) is 7.79. The molecule has 0 aliphatic heterocycles. The van der Waals surface area contributed by atoms with Crippen molar-refractivity contribution in [1.82, 2.24) is 20.6 Å². The van der Waals surface area contributed by atoms with Crippen molar-refractivity contribution in [2.45, 2.75) is 6.42 Å². The lowest BCUT2D eigenvalue weighted by atomic mass is 10.2. The maximum Gasteiger partial charge on any atom is 0.270 e. The molecule has 158 valence electrons. The normalized spacial score (nSPS) is 10.7. The van der Waals surface area contributed by atoms with Gasteiger partial charge < -0.3 is 5.11 Å². The first-order chi connectivity index (χ1) is 14.8. The topological polar surface area (TPSA) is 173 Å². The summed E-state index contributed by atoms with van der Waals surface area (Å²) in [5.41, 5.74) is 2.39. The Kier molecular flexibility index (Phi) is 6.94. The van der Waals surface area contributed by atoms with Gasteiger partial charge in [-0.1, -0.05) is 11.3 Å². The van der Waals surface area contributed by atoms with E-state index in [1.165, 1.54) is 6.20 Å². The summed E-state index contributed by atoms with van der Waals surface area (Å²) in [6.45, 7) is 0. The van der Waals surface area contributed by atoms with Crippen LogP contribution in [0.4, 0.5) is 10.8 Å². The van der Waals surface area contributed by atoms with Crippen molar-refractivity contribution in [2.75, 3.05) is 5.32 Å². The van der Waals surface area contributed by atoms with Gasteiger partial charge in [0.15, 0.2) is 0 Å². The molecule has 3 N–H and O–H groups in total. The fourth-order valence-electron chi connectivity index (χ4n) is 2.19. The maximum atomic E-state index is 12.2. The van der Waals surface area contributed by atoms with Crippen LogP contribution in [0.25, 0.3) is 0 Å². The zero-order chi connectivity index (χ0) is 22.4. The van der Waals surface area contributed by atoms with Gasteiger partial charge in [-0.25, -0.2) is 5.43 Å². The number of aromatic nitrogens is 3. The number of halogens is 1. The van der Waals surface area contributed by atoms with Gasteiger partial charge in [-0.15, -0.1) is 10.2 Å². The van der Waals surface area contributed by atoms with E-state index < -0.39 is 16.7 Å². The monoisotopic (exact) mass is 505 g/mol. The summed E-state index contributed by atoms with van der Waals surface area (Å²) in [4.78, 5) is 38.2. The fraction of sp³-hybridized carbons (Fsp3) is 0.0588. The molecule has 0 aliphatic carbocycles. The van der Waals surface area contributed by atoms with Gasteiger partial charge in [0.25, 0.3) is 11.6 Å². The van der Waals surface area contributed by atoms with Gasteiger partial charge in [-0.3, -0.25) is 30.0 Å². The largest absolute Gasteiger partial charge is 0.507 e. The molecule has 0 radical (unpaired) electrons. The van der Waals surface area contributed by atoms with E-state index in [-0.39, 0.29) is 28.6 Å². The van der Waals surface area contributed by atoms with Crippen LogP contribution in [-0.4, -0.2) is 43.2 Å². The average molecular weight is 506 g/mol. The number of amides is 2. The molecule has 12 nitrogen and oxygen atoms in total. The first-order valence-corrected chi connectivity index (χ1v) is 9.96. The molecule has 0 bridgehead atoms. The molecule has 2 aromatic heterocycles. The molecule has 14 heteroatoms. The first kappa shape index (κ1) is 21.9. The predicted octanol–water partition coefficient (Wildman–Crippen LogP) is 2.25. The second kappa shape index (κ2) is 9.82. The summed E-state index contributed by atoms with van der Waals surface area (Å²) in [6.07, 6.45) is 3.86. The highest BCUT2D eigenvalue weighted by molar-refractivity contribution is 9.10. The van der Waals surface area contributed by atoms with Crippen molar-refractivity contribution >= 4 is 56.1 Å².